The van der Waals surface area contributed by atoms with Gasteiger partial charge in [-0.15, -0.1) is 0 Å². The van der Waals surface area contributed by atoms with Crippen molar-refractivity contribution in [3.63, 3.8) is 0 Å². The number of halogens is 1. The first-order valence-corrected chi connectivity index (χ1v) is 7.50. The fraction of sp³-hybridized carbons (Fsp3) is 0.214. The van der Waals surface area contributed by atoms with Crippen LogP contribution in [0.15, 0.2) is 34.7 Å². The lowest BCUT2D eigenvalue weighted by atomic mass is 10.2. The van der Waals surface area contributed by atoms with Crippen LogP contribution in [0, 0.1) is 11.3 Å². The summed E-state index contributed by atoms with van der Waals surface area (Å²) in [6.07, 6.45) is 2.03. The normalized spacial score (nSPS) is 10.2. The second-order valence-corrected chi connectivity index (χ2v) is 5.26. The van der Waals surface area contributed by atoms with Crippen LogP contribution in [0.25, 0.3) is 0 Å². The smallest absolute Gasteiger partial charge is 0.123 e. The highest BCUT2D eigenvalue weighted by Crippen LogP contribution is 2.21. The van der Waals surface area contributed by atoms with Gasteiger partial charge in [-0.25, -0.2) is 0 Å². The van der Waals surface area contributed by atoms with E-state index in [1.165, 1.54) is 0 Å². The van der Waals surface area contributed by atoms with E-state index in [2.05, 4.69) is 11.4 Å². The summed E-state index contributed by atoms with van der Waals surface area (Å²) in [6, 6.07) is 11.2. The third-order valence-corrected chi connectivity index (χ3v) is 3.37. The average Bonchev–Trinajstić information content (AvgIpc) is 2.85. The summed E-state index contributed by atoms with van der Waals surface area (Å²) in [4.78, 5) is 0. The number of nitriles is 1. The van der Waals surface area contributed by atoms with Gasteiger partial charge in [-0.05, 0) is 36.6 Å². The van der Waals surface area contributed by atoms with Crippen LogP contribution in [0.5, 0.6) is 0 Å². The standard InChI is InChI=1S/C14H13ClN2OS/c1-19-9-13-5-4-12(18-13)8-17-14-6-11(15)3-2-10(14)7-16/h2-6,17H,8-9H2,1H3. The quantitative estimate of drug-likeness (QED) is 0.893. The third kappa shape index (κ3) is 3.69. The molecule has 0 amide bonds. The molecular weight excluding hydrogens is 280 g/mol. The van der Waals surface area contributed by atoms with E-state index in [9.17, 15) is 0 Å². The van der Waals surface area contributed by atoms with E-state index in [-0.39, 0.29) is 0 Å². The molecule has 0 aliphatic rings. The van der Waals surface area contributed by atoms with Crippen LogP contribution in [0.1, 0.15) is 17.1 Å². The van der Waals surface area contributed by atoms with E-state index < -0.39 is 0 Å². The summed E-state index contributed by atoms with van der Waals surface area (Å²) in [5.41, 5.74) is 1.29. The molecule has 0 aliphatic heterocycles. The summed E-state index contributed by atoms with van der Waals surface area (Å²) in [7, 11) is 0. The maximum Gasteiger partial charge on any atom is 0.123 e. The summed E-state index contributed by atoms with van der Waals surface area (Å²) in [5.74, 6) is 2.66. The number of nitrogens with one attached hydrogen (secondary N) is 1. The fourth-order valence-corrected chi connectivity index (χ4v) is 2.29. The second-order valence-electron chi connectivity index (χ2n) is 3.96. The molecule has 1 aromatic carbocycles. The van der Waals surface area contributed by atoms with Crippen molar-refractivity contribution in [2.75, 3.05) is 11.6 Å². The minimum Gasteiger partial charge on any atom is -0.463 e. The van der Waals surface area contributed by atoms with Crippen molar-refractivity contribution < 1.29 is 4.42 Å². The molecule has 1 aromatic heterocycles. The van der Waals surface area contributed by atoms with E-state index in [0.717, 1.165) is 23.0 Å². The topological polar surface area (TPSA) is 49.0 Å². The Balaban J connectivity index is 2.05. The highest BCUT2D eigenvalue weighted by Gasteiger charge is 2.05. The zero-order chi connectivity index (χ0) is 13.7. The lowest BCUT2D eigenvalue weighted by Gasteiger charge is -2.07. The maximum atomic E-state index is 9.02. The summed E-state index contributed by atoms with van der Waals surface area (Å²) < 4.78 is 5.65. The Morgan fingerprint density at radius 1 is 1.32 bits per heavy atom. The van der Waals surface area contributed by atoms with Gasteiger partial charge in [-0.2, -0.15) is 17.0 Å². The Hall–Kier alpha value is -1.57. The number of benzene rings is 1. The van der Waals surface area contributed by atoms with Crippen molar-refractivity contribution in [3.8, 4) is 6.07 Å². The van der Waals surface area contributed by atoms with E-state index >= 15 is 0 Å². The van der Waals surface area contributed by atoms with Gasteiger partial charge in [0.25, 0.3) is 0 Å². The number of rotatable bonds is 5. The van der Waals surface area contributed by atoms with Crippen LogP contribution in [0.3, 0.4) is 0 Å². The van der Waals surface area contributed by atoms with Crippen LogP contribution >= 0.6 is 23.4 Å². The minimum atomic E-state index is 0.531. The van der Waals surface area contributed by atoms with Crippen LogP contribution in [0.4, 0.5) is 5.69 Å². The zero-order valence-electron chi connectivity index (χ0n) is 10.4. The maximum absolute atomic E-state index is 9.02. The van der Waals surface area contributed by atoms with E-state index in [4.69, 9.17) is 21.3 Å². The van der Waals surface area contributed by atoms with Gasteiger partial charge >= 0.3 is 0 Å². The summed E-state index contributed by atoms with van der Waals surface area (Å²) in [6.45, 7) is 0.531. The molecule has 0 fully saturated rings. The van der Waals surface area contributed by atoms with E-state index in [1.807, 2.05) is 18.4 Å². The Labute approximate surface area is 121 Å². The number of furan rings is 1. The molecule has 3 nitrogen and oxygen atoms in total. The molecule has 0 bridgehead atoms. The van der Waals surface area contributed by atoms with Gasteiger partial charge in [0.05, 0.1) is 23.5 Å². The van der Waals surface area contributed by atoms with Crippen molar-refractivity contribution in [1.29, 1.82) is 5.26 Å². The van der Waals surface area contributed by atoms with Gasteiger partial charge in [0.15, 0.2) is 0 Å². The fourth-order valence-electron chi connectivity index (χ4n) is 1.68. The number of nitrogens with zero attached hydrogens (tertiary/aromatic N) is 1. The Morgan fingerprint density at radius 2 is 2.11 bits per heavy atom. The molecule has 0 spiro atoms. The molecule has 1 heterocycles. The highest BCUT2D eigenvalue weighted by molar-refractivity contribution is 7.97. The van der Waals surface area contributed by atoms with Gasteiger partial charge in [0.1, 0.15) is 17.6 Å². The summed E-state index contributed by atoms with van der Waals surface area (Å²) in [5, 5.41) is 12.8. The molecule has 0 aliphatic carbocycles. The van der Waals surface area contributed by atoms with Crippen LogP contribution < -0.4 is 5.32 Å². The average molecular weight is 293 g/mol. The monoisotopic (exact) mass is 292 g/mol. The Kier molecular flexibility index (Phi) is 4.78. The molecule has 0 saturated heterocycles. The molecule has 1 N–H and O–H groups in total. The largest absolute Gasteiger partial charge is 0.463 e. The number of thioether (sulfide) groups is 1. The summed E-state index contributed by atoms with van der Waals surface area (Å²) >= 11 is 7.64. The first-order chi connectivity index (χ1) is 9.22. The highest BCUT2D eigenvalue weighted by atomic mass is 35.5. The van der Waals surface area contributed by atoms with Gasteiger partial charge in [0.2, 0.25) is 0 Å². The number of anilines is 1. The molecule has 0 saturated carbocycles. The van der Waals surface area contributed by atoms with Crippen molar-refractivity contribution >= 4 is 29.1 Å². The number of hydrogen-bond donors (Lipinski definition) is 1. The molecule has 0 unspecified atom stereocenters. The lowest BCUT2D eigenvalue weighted by molar-refractivity contribution is 0.487. The molecule has 2 aromatic rings. The third-order valence-electron chi connectivity index (χ3n) is 2.56. The molecule has 98 valence electrons. The molecular formula is C14H13ClN2OS. The van der Waals surface area contributed by atoms with Crippen molar-refractivity contribution in [2.24, 2.45) is 0 Å². The van der Waals surface area contributed by atoms with Gasteiger partial charge in [0, 0.05) is 5.02 Å². The predicted molar refractivity (Wildman–Crippen MR) is 79.4 cm³/mol. The second kappa shape index (κ2) is 6.55. The SMILES string of the molecule is CSCc1ccc(CNc2cc(Cl)ccc2C#N)o1. The van der Waals surface area contributed by atoms with E-state index in [1.54, 1.807) is 30.0 Å². The first kappa shape index (κ1) is 13.9. The molecule has 0 radical (unpaired) electrons. The van der Waals surface area contributed by atoms with Crippen LogP contribution in [-0.2, 0) is 12.3 Å². The van der Waals surface area contributed by atoms with Crippen LogP contribution in [-0.4, -0.2) is 6.26 Å². The van der Waals surface area contributed by atoms with Gasteiger partial charge in [-0.3, -0.25) is 0 Å². The van der Waals surface area contributed by atoms with Crippen molar-refractivity contribution in [3.05, 3.63) is 52.4 Å². The van der Waals surface area contributed by atoms with Crippen molar-refractivity contribution in [2.45, 2.75) is 12.3 Å². The lowest BCUT2D eigenvalue weighted by Crippen LogP contribution is -2.00. The predicted octanol–water partition coefficient (Wildman–Crippen LogP) is 4.28. The molecule has 0 atom stereocenters. The van der Waals surface area contributed by atoms with Gasteiger partial charge in [-0.1, -0.05) is 11.6 Å². The van der Waals surface area contributed by atoms with Crippen LogP contribution in [0.2, 0.25) is 5.02 Å². The molecule has 2 rings (SSSR count). The Morgan fingerprint density at radius 3 is 2.84 bits per heavy atom. The number of hydrogen-bond acceptors (Lipinski definition) is 4. The first-order valence-electron chi connectivity index (χ1n) is 5.73. The minimum absolute atomic E-state index is 0.531. The van der Waals surface area contributed by atoms with Gasteiger partial charge < -0.3 is 9.73 Å². The molecule has 5 heteroatoms. The van der Waals surface area contributed by atoms with Crippen molar-refractivity contribution in [1.82, 2.24) is 0 Å². The molecule has 19 heavy (non-hydrogen) atoms. The Bertz CT molecular complexity index is 604. The van der Waals surface area contributed by atoms with E-state index in [0.29, 0.717) is 17.1 Å². The zero-order valence-corrected chi connectivity index (χ0v) is 12.0.